The van der Waals surface area contributed by atoms with Gasteiger partial charge in [0.2, 0.25) is 0 Å². The molecule has 1 fully saturated rings. The first-order chi connectivity index (χ1) is 7.67. The lowest BCUT2D eigenvalue weighted by atomic mass is 10.0. The van der Waals surface area contributed by atoms with Crippen molar-refractivity contribution in [1.29, 1.82) is 0 Å². The van der Waals surface area contributed by atoms with E-state index in [1.54, 1.807) is 0 Å². The molecule has 0 amide bonds. The quantitative estimate of drug-likeness (QED) is 0.507. The summed E-state index contributed by atoms with van der Waals surface area (Å²) in [5, 5.41) is 0. The van der Waals surface area contributed by atoms with E-state index in [0.29, 0.717) is 0 Å². The van der Waals surface area contributed by atoms with E-state index < -0.39 is 0 Å². The molecule has 92 valence electrons. The molecule has 0 bridgehead atoms. The fraction of sp³-hybridized carbons (Fsp3) is 0.750. The summed E-state index contributed by atoms with van der Waals surface area (Å²) in [6.07, 6.45) is 14.0. The Morgan fingerprint density at radius 3 is 2.69 bits per heavy atom. The minimum atomic E-state index is 0.741. The van der Waals surface area contributed by atoms with Gasteiger partial charge in [0.15, 0.2) is 0 Å². The van der Waals surface area contributed by atoms with Gasteiger partial charge in [-0.05, 0) is 37.5 Å². The minimum Gasteiger partial charge on any atom is -0.0809 e. The monoisotopic (exact) mass is 220 g/mol. The van der Waals surface area contributed by atoms with E-state index in [4.69, 9.17) is 0 Å². The zero-order chi connectivity index (χ0) is 12.0. The highest BCUT2D eigenvalue weighted by atomic mass is 14.4. The van der Waals surface area contributed by atoms with Crippen LogP contribution >= 0.6 is 0 Å². The van der Waals surface area contributed by atoms with Crippen LogP contribution in [0.25, 0.3) is 0 Å². The van der Waals surface area contributed by atoms with Gasteiger partial charge < -0.3 is 0 Å². The summed E-state index contributed by atoms with van der Waals surface area (Å²) in [5.41, 5.74) is 1.45. The van der Waals surface area contributed by atoms with Gasteiger partial charge in [0.25, 0.3) is 0 Å². The van der Waals surface area contributed by atoms with Gasteiger partial charge in [0.1, 0.15) is 0 Å². The lowest BCUT2D eigenvalue weighted by Gasteiger charge is -2.05. The van der Waals surface area contributed by atoms with Crippen molar-refractivity contribution in [3.05, 3.63) is 23.8 Å². The van der Waals surface area contributed by atoms with E-state index in [1.165, 1.54) is 37.7 Å². The first-order valence-electron chi connectivity index (χ1n) is 7.04. The first kappa shape index (κ1) is 13.5. The predicted octanol–water partition coefficient (Wildman–Crippen LogP) is 5.36. The van der Waals surface area contributed by atoms with Crippen LogP contribution < -0.4 is 0 Å². The second-order valence-corrected chi connectivity index (χ2v) is 5.46. The Morgan fingerprint density at radius 1 is 1.38 bits per heavy atom. The molecule has 0 spiro atoms. The average molecular weight is 220 g/mol. The normalized spacial score (nSPS) is 27.4. The standard InChI is InChI=1S/C16H28/c1-5-7-8-13(3)11-14(4)9-10-16-12-15(16)6-2/h9-11,13,15-16H,5-8,12H2,1-4H3. The lowest BCUT2D eigenvalue weighted by molar-refractivity contribution is 0.596. The van der Waals surface area contributed by atoms with Crippen LogP contribution in [0.5, 0.6) is 0 Å². The fourth-order valence-corrected chi connectivity index (χ4v) is 2.37. The van der Waals surface area contributed by atoms with Crippen molar-refractivity contribution in [3.63, 3.8) is 0 Å². The molecule has 0 heterocycles. The van der Waals surface area contributed by atoms with Gasteiger partial charge in [-0.25, -0.2) is 0 Å². The Hall–Kier alpha value is -0.520. The number of rotatable bonds is 7. The second kappa shape index (κ2) is 6.93. The van der Waals surface area contributed by atoms with Crippen LogP contribution in [0.2, 0.25) is 0 Å². The molecule has 0 nitrogen and oxygen atoms in total. The van der Waals surface area contributed by atoms with Crippen LogP contribution in [0.4, 0.5) is 0 Å². The molecule has 3 unspecified atom stereocenters. The molecular weight excluding hydrogens is 192 g/mol. The highest BCUT2D eigenvalue weighted by molar-refractivity contribution is 5.19. The molecule has 0 saturated heterocycles. The summed E-state index contributed by atoms with van der Waals surface area (Å²) in [6.45, 7) is 9.14. The third-order valence-electron chi connectivity index (χ3n) is 3.67. The third-order valence-corrected chi connectivity index (χ3v) is 3.67. The molecule has 0 heteroatoms. The molecule has 1 aliphatic rings. The maximum Gasteiger partial charge on any atom is -0.0199 e. The highest BCUT2D eigenvalue weighted by Gasteiger charge is 2.32. The molecule has 1 aliphatic carbocycles. The van der Waals surface area contributed by atoms with Gasteiger partial charge in [0.05, 0.1) is 0 Å². The van der Waals surface area contributed by atoms with Crippen molar-refractivity contribution < 1.29 is 0 Å². The number of unbranched alkanes of at least 4 members (excludes halogenated alkanes) is 1. The van der Waals surface area contributed by atoms with E-state index in [1.807, 2.05) is 0 Å². The van der Waals surface area contributed by atoms with Gasteiger partial charge in [-0.1, -0.05) is 63.8 Å². The Labute approximate surface area is 102 Å². The molecule has 3 atom stereocenters. The van der Waals surface area contributed by atoms with Gasteiger partial charge in [-0.3, -0.25) is 0 Å². The summed E-state index contributed by atoms with van der Waals surface area (Å²) < 4.78 is 0. The topological polar surface area (TPSA) is 0 Å². The summed E-state index contributed by atoms with van der Waals surface area (Å²) in [7, 11) is 0. The van der Waals surface area contributed by atoms with Gasteiger partial charge in [0, 0.05) is 0 Å². The van der Waals surface area contributed by atoms with E-state index >= 15 is 0 Å². The van der Waals surface area contributed by atoms with Crippen molar-refractivity contribution in [2.24, 2.45) is 17.8 Å². The van der Waals surface area contributed by atoms with Crippen LogP contribution in [0.3, 0.4) is 0 Å². The lowest BCUT2D eigenvalue weighted by Crippen LogP contribution is -1.90. The smallest absolute Gasteiger partial charge is 0.0199 e. The van der Waals surface area contributed by atoms with Gasteiger partial charge >= 0.3 is 0 Å². The molecule has 0 N–H and O–H groups in total. The first-order valence-corrected chi connectivity index (χ1v) is 7.04. The van der Waals surface area contributed by atoms with Crippen LogP contribution in [-0.4, -0.2) is 0 Å². The maximum absolute atomic E-state index is 2.43. The molecule has 0 aromatic heterocycles. The fourth-order valence-electron chi connectivity index (χ4n) is 2.37. The maximum atomic E-state index is 2.43. The Balaban J connectivity index is 2.27. The number of allylic oxidation sites excluding steroid dienone is 4. The molecule has 0 aliphatic heterocycles. The van der Waals surface area contributed by atoms with Crippen molar-refractivity contribution in [2.45, 2.75) is 59.8 Å². The Kier molecular flexibility index (Phi) is 5.87. The van der Waals surface area contributed by atoms with Gasteiger partial charge in [-0.15, -0.1) is 0 Å². The number of hydrogen-bond donors (Lipinski definition) is 0. The SMILES string of the molecule is CCCCC(C)C=C(C)C=CC1CC1CC. The van der Waals surface area contributed by atoms with E-state index in [0.717, 1.165) is 17.8 Å². The summed E-state index contributed by atoms with van der Waals surface area (Å²) >= 11 is 0. The minimum absolute atomic E-state index is 0.741. The molecule has 1 rings (SSSR count). The molecule has 16 heavy (non-hydrogen) atoms. The van der Waals surface area contributed by atoms with E-state index in [2.05, 4.69) is 45.9 Å². The zero-order valence-corrected chi connectivity index (χ0v) is 11.5. The Bertz CT molecular complexity index is 247. The molecule has 0 aromatic rings. The van der Waals surface area contributed by atoms with Crippen molar-refractivity contribution >= 4 is 0 Å². The van der Waals surface area contributed by atoms with E-state index in [-0.39, 0.29) is 0 Å². The second-order valence-electron chi connectivity index (χ2n) is 5.46. The van der Waals surface area contributed by atoms with Crippen LogP contribution in [0.1, 0.15) is 59.8 Å². The molecular formula is C16H28. The average Bonchev–Trinajstić information content (AvgIpc) is 3.02. The van der Waals surface area contributed by atoms with Crippen LogP contribution in [-0.2, 0) is 0 Å². The number of hydrogen-bond acceptors (Lipinski definition) is 0. The molecule has 1 saturated carbocycles. The molecule has 0 aromatic carbocycles. The van der Waals surface area contributed by atoms with Gasteiger partial charge in [-0.2, -0.15) is 0 Å². The van der Waals surface area contributed by atoms with Crippen molar-refractivity contribution in [3.8, 4) is 0 Å². The largest absolute Gasteiger partial charge is 0.0809 e. The van der Waals surface area contributed by atoms with Crippen molar-refractivity contribution in [2.75, 3.05) is 0 Å². The summed E-state index contributed by atoms with van der Waals surface area (Å²) in [4.78, 5) is 0. The third kappa shape index (κ3) is 5.01. The van der Waals surface area contributed by atoms with Crippen LogP contribution in [0, 0.1) is 17.8 Å². The highest BCUT2D eigenvalue weighted by Crippen LogP contribution is 2.42. The van der Waals surface area contributed by atoms with Crippen molar-refractivity contribution in [1.82, 2.24) is 0 Å². The van der Waals surface area contributed by atoms with E-state index in [9.17, 15) is 0 Å². The Morgan fingerprint density at radius 2 is 2.12 bits per heavy atom. The predicted molar refractivity (Wildman–Crippen MR) is 73.5 cm³/mol. The summed E-state index contributed by atoms with van der Waals surface area (Å²) in [5.74, 6) is 2.62. The summed E-state index contributed by atoms with van der Waals surface area (Å²) in [6, 6.07) is 0. The van der Waals surface area contributed by atoms with Crippen LogP contribution in [0.15, 0.2) is 23.8 Å². The molecule has 0 radical (unpaired) electrons. The zero-order valence-electron chi connectivity index (χ0n) is 11.5.